The van der Waals surface area contributed by atoms with Crippen LogP contribution in [0.15, 0.2) is 39.4 Å². The van der Waals surface area contributed by atoms with Crippen molar-refractivity contribution in [1.29, 1.82) is 0 Å². The Balaban J connectivity index is 1.88. The molecule has 1 amide bonds. The maximum Gasteiger partial charge on any atom is 0.374 e. The first-order valence-corrected chi connectivity index (χ1v) is 7.22. The van der Waals surface area contributed by atoms with Gasteiger partial charge in [0.1, 0.15) is 5.75 Å². The summed E-state index contributed by atoms with van der Waals surface area (Å²) >= 11 is 9.01. The highest BCUT2D eigenvalue weighted by Crippen LogP contribution is 2.27. The van der Waals surface area contributed by atoms with Crippen LogP contribution in [0.5, 0.6) is 5.75 Å². The molecular formula is C14H11BrClNO5. The second kappa shape index (κ2) is 7.33. The number of carbonyl (C=O) groups excluding carboxylic acids is 2. The van der Waals surface area contributed by atoms with E-state index < -0.39 is 18.5 Å². The fraction of sp³-hybridized carbons (Fsp3) is 0.143. The van der Waals surface area contributed by atoms with Gasteiger partial charge in [-0.1, -0.05) is 11.6 Å². The Labute approximate surface area is 139 Å². The predicted molar refractivity (Wildman–Crippen MR) is 83.3 cm³/mol. The lowest BCUT2D eigenvalue weighted by Crippen LogP contribution is -2.20. The van der Waals surface area contributed by atoms with Crippen LogP contribution in [-0.4, -0.2) is 25.6 Å². The van der Waals surface area contributed by atoms with Crippen LogP contribution >= 0.6 is 27.5 Å². The molecule has 1 N–H and O–H groups in total. The molecule has 6 nitrogen and oxygen atoms in total. The third-order valence-corrected chi connectivity index (χ3v) is 3.27. The Kier molecular flexibility index (Phi) is 5.46. The highest BCUT2D eigenvalue weighted by molar-refractivity contribution is 9.10. The van der Waals surface area contributed by atoms with Crippen LogP contribution < -0.4 is 10.1 Å². The molecule has 2 rings (SSSR count). The number of ether oxygens (including phenoxy) is 2. The van der Waals surface area contributed by atoms with Crippen molar-refractivity contribution in [2.45, 2.75) is 0 Å². The number of nitrogens with one attached hydrogen (secondary N) is 1. The third kappa shape index (κ3) is 4.25. The molecule has 0 aliphatic rings. The largest absolute Gasteiger partial charge is 0.495 e. The van der Waals surface area contributed by atoms with Gasteiger partial charge in [0.2, 0.25) is 5.76 Å². The zero-order chi connectivity index (χ0) is 16.1. The third-order valence-electron chi connectivity index (χ3n) is 2.54. The maximum atomic E-state index is 11.7. The quantitative estimate of drug-likeness (QED) is 0.793. The molecular weight excluding hydrogens is 378 g/mol. The molecule has 0 unspecified atom stereocenters. The Morgan fingerprint density at radius 1 is 1.32 bits per heavy atom. The van der Waals surface area contributed by atoms with E-state index in [-0.39, 0.29) is 5.76 Å². The van der Waals surface area contributed by atoms with E-state index in [1.807, 2.05) is 0 Å². The highest BCUT2D eigenvalue weighted by atomic mass is 79.9. The van der Waals surface area contributed by atoms with Crippen molar-refractivity contribution in [2.75, 3.05) is 19.0 Å². The number of anilines is 1. The fourth-order valence-corrected chi connectivity index (χ4v) is 2.13. The number of rotatable bonds is 5. The second-order valence-electron chi connectivity index (χ2n) is 4.08. The van der Waals surface area contributed by atoms with Crippen molar-refractivity contribution in [1.82, 2.24) is 0 Å². The number of hydrogen-bond acceptors (Lipinski definition) is 5. The number of amides is 1. The van der Waals surface area contributed by atoms with Gasteiger partial charge in [0, 0.05) is 5.69 Å². The number of carbonyl (C=O) groups is 2. The van der Waals surface area contributed by atoms with E-state index in [2.05, 4.69) is 21.2 Å². The van der Waals surface area contributed by atoms with Gasteiger partial charge in [-0.2, -0.15) is 0 Å². The average molecular weight is 389 g/mol. The van der Waals surface area contributed by atoms with Gasteiger partial charge in [0.05, 0.1) is 12.1 Å². The summed E-state index contributed by atoms with van der Waals surface area (Å²) in [6.07, 6.45) is 0. The van der Waals surface area contributed by atoms with Crippen molar-refractivity contribution >= 4 is 45.1 Å². The molecule has 0 radical (unpaired) electrons. The summed E-state index contributed by atoms with van der Waals surface area (Å²) in [5, 5.41) is 2.91. The minimum absolute atomic E-state index is 0.00664. The lowest BCUT2D eigenvalue weighted by molar-refractivity contribution is -0.119. The number of esters is 1. The second-order valence-corrected chi connectivity index (χ2v) is 5.27. The van der Waals surface area contributed by atoms with Gasteiger partial charge in [0.25, 0.3) is 5.91 Å². The maximum absolute atomic E-state index is 11.7. The molecule has 1 aromatic carbocycles. The van der Waals surface area contributed by atoms with Crippen LogP contribution in [0.4, 0.5) is 5.69 Å². The van der Waals surface area contributed by atoms with Gasteiger partial charge in [0.15, 0.2) is 11.3 Å². The monoisotopic (exact) mass is 387 g/mol. The molecule has 0 spiro atoms. The Morgan fingerprint density at radius 2 is 2.09 bits per heavy atom. The molecule has 22 heavy (non-hydrogen) atoms. The van der Waals surface area contributed by atoms with Crippen LogP contribution in [0.1, 0.15) is 10.6 Å². The molecule has 8 heteroatoms. The molecule has 0 aliphatic carbocycles. The predicted octanol–water partition coefficient (Wildman–Crippen LogP) is 3.50. The van der Waals surface area contributed by atoms with E-state index in [1.165, 1.54) is 19.2 Å². The van der Waals surface area contributed by atoms with Gasteiger partial charge < -0.3 is 19.2 Å². The van der Waals surface area contributed by atoms with Crippen molar-refractivity contribution < 1.29 is 23.5 Å². The Morgan fingerprint density at radius 3 is 2.68 bits per heavy atom. The topological polar surface area (TPSA) is 77.8 Å². The zero-order valence-corrected chi connectivity index (χ0v) is 13.7. The van der Waals surface area contributed by atoms with Gasteiger partial charge in [-0.05, 0) is 46.3 Å². The lowest BCUT2D eigenvalue weighted by Gasteiger charge is -2.08. The molecule has 0 atom stereocenters. The number of hydrogen-bond donors (Lipinski definition) is 1. The van der Waals surface area contributed by atoms with Crippen molar-refractivity contribution in [2.24, 2.45) is 0 Å². The minimum Gasteiger partial charge on any atom is -0.495 e. The standard InChI is InChI=1S/C14H11BrClNO5/c1-20-10-3-2-8(6-9(10)16)17-13(18)7-21-14(19)11-4-5-12(15)22-11/h2-6H,7H2,1H3,(H,17,18). The van der Waals surface area contributed by atoms with Crippen molar-refractivity contribution in [3.8, 4) is 5.75 Å². The molecule has 0 aliphatic heterocycles. The van der Waals surface area contributed by atoms with Crippen LogP contribution in [0, 0.1) is 0 Å². The first-order chi connectivity index (χ1) is 10.5. The molecule has 0 bridgehead atoms. The zero-order valence-electron chi connectivity index (χ0n) is 11.4. The summed E-state index contributed by atoms with van der Waals surface area (Å²) in [6, 6.07) is 7.76. The van der Waals surface area contributed by atoms with E-state index in [9.17, 15) is 9.59 Å². The average Bonchev–Trinajstić information content (AvgIpc) is 2.91. The summed E-state index contributed by atoms with van der Waals surface area (Å²) in [6.45, 7) is -0.444. The molecule has 1 aromatic heterocycles. The Hall–Kier alpha value is -1.99. The van der Waals surface area contributed by atoms with Crippen molar-refractivity contribution in [3.63, 3.8) is 0 Å². The van der Waals surface area contributed by atoms with Gasteiger partial charge in [-0.25, -0.2) is 4.79 Å². The van der Waals surface area contributed by atoms with Crippen LogP contribution in [0.3, 0.4) is 0 Å². The summed E-state index contributed by atoms with van der Waals surface area (Å²) in [4.78, 5) is 23.3. The Bertz CT molecular complexity index is 700. The molecule has 116 valence electrons. The molecule has 0 saturated carbocycles. The van der Waals surface area contributed by atoms with E-state index in [1.54, 1.807) is 18.2 Å². The molecule has 1 heterocycles. The fourth-order valence-electron chi connectivity index (χ4n) is 1.57. The SMILES string of the molecule is COc1ccc(NC(=O)COC(=O)c2ccc(Br)o2)cc1Cl. The first-order valence-electron chi connectivity index (χ1n) is 6.05. The number of benzene rings is 1. The van der Waals surface area contributed by atoms with Crippen LogP contribution in [-0.2, 0) is 9.53 Å². The number of halogens is 2. The van der Waals surface area contributed by atoms with Gasteiger partial charge in [-0.15, -0.1) is 0 Å². The van der Waals surface area contributed by atoms with E-state index in [0.29, 0.717) is 21.1 Å². The van der Waals surface area contributed by atoms with Crippen LogP contribution in [0.2, 0.25) is 5.02 Å². The van der Waals surface area contributed by atoms with Gasteiger partial charge >= 0.3 is 5.97 Å². The van der Waals surface area contributed by atoms with Crippen LogP contribution in [0.25, 0.3) is 0 Å². The number of methoxy groups -OCH3 is 1. The van der Waals surface area contributed by atoms with E-state index in [4.69, 9.17) is 25.5 Å². The molecule has 0 saturated heterocycles. The first kappa shape index (κ1) is 16.4. The highest BCUT2D eigenvalue weighted by Gasteiger charge is 2.14. The summed E-state index contributed by atoms with van der Waals surface area (Å²) in [5.74, 6) is -0.726. The van der Waals surface area contributed by atoms with E-state index >= 15 is 0 Å². The van der Waals surface area contributed by atoms with E-state index in [0.717, 1.165) is 0 Å². The summed E-state index contributed by atoms with van der Waals surface area (Å²) < 4.78 is 15.2. The number of furan rings is 1. The smallest absolute Gasteiger partial charge is 0.374 e. The summed E-state index contributed by atoms with van der Waals surface area (Å²) in [7, 11) is 1.49. The normalized spacial score (nSPS) is 10.1. The summed E-state index contributed by atoms with van der Waals surface area (Å²) in [5.41, 5.74) is 0.465. The molecule has 0 fully saturated rings. The van der Waals surface area contributed by atoms with Gasteiger partial charge in [-0.3, -0.25) is 4.79 Å². The lowest BCUT2D eigenvalue weighted by atomic mass is 10.3. The van der Waals surface area contributed by atoms with Crippen molar-refractivity contribution in [3.05, 3.63) is 45.8 Å². The molecule has 2 aromatic rings. The minimum atomic E-state index is -0.728.